The first kappa shape index (κ1) is 16.3. The lowest BCUT2D eigenvalue weighted by Crippen LogP contribution is -2.14. The number of rotatable bonds is 6. The molecule has 0 aliphatic heterocycles. The summed E-state index contributed by atoms with van der Waals surface area (Å²) in [6.45, 7) is 4.17. The monoisotopic (exact) mass is 320 g/mol. The largest absolute Gasteiger partial charge is 0.497 e. The molecule has 1 aromatic heterocycles. The number of carbonyl (C=O) groups excluding carboxylic acids is 1. The molecule has 0 bridgehead atoms. The van der Waals surface area contributed by atoms with Crippen molar-refractivity contribution in [3.8, 4) is 11.5 Å². The Balaban J connectivity index is 2.04. The Bertz CT molecular complexity index is 630. The van der Waals surface area contributed by atoms with E-state index in [0.29, 0.717) is 23.1 Å². The smallest absolute Gasteiger partial charge is 0.231 e. The van der Waals surface area contributed by atoms with Gasteiger partial charge in [-0.15, -0.1) is 11.3 Å². The van der Waals surface area contributed by atoms with Crippen LogP contribution in [0.5, 0.6) is 11.5 Å². The van der Waals surface area contributed by atoms with Gasteiger partial charge in [0.25, 0.3) is 0 Å². The second kappa shape index (κ2) is 7.26. The number of nitrogens with zero attached hydrogens (tertiary/aromatic N) is 1. The van der Waals surface area contributed by atoms with Crippen LogP contribution in [0.3, 0.4) is 0 Å². The van der Waals surface area contributed by atoms with Gasteiger partial charge in [0.05, 0.1) is 26.3 Å². The minimum Gasteiger partial charge on any atom is -0.497 e. The van der Waals surface area contributed by atoms with Gasteiger partial charge in [-0.1, -0.05) is 13.8 Å². The standard InChI is InChI=1S/C16H20N2O3S/c1-10(2)14-9-22-16(18-14)8-15(19)17-11-5-12(20-3)7-13(6-11)21-4/h5-7,9-10H,8H2,1-4H3,(H,17,19). The molecule has 22 heavy (non-hydrogen) atoms. The Morgan fingerprint density at radius 2 is 1.86 bits per heavy atom. The Labute approximate surface area is 134 Å². The zero-order chi connectivity index (χ0) is 16.1. The van der Waals surface area contributed by atoms with Crippen LogP contribution in [0.4, 0.5) is 5.69 Å². The highest BCUT2D eigenvalue weighted by atomic mass is 32.1. The highest BCUT2D eigenvalue weighted by Crippen LogP contribution is 2.26. The molecular formula is C16H20N2O3S. The van der Waals surface area contributed by atoms with Crippen LogP contribution < -0.4 is 14.8 Å². The molecule has 0 unspecified atom stereocenters. The summed E-state index contributed by atoms with van der Waals surface area (Å²) in [7, 11) is 3.15. The zero-order valence-electron chi connectivity index (χ0n) is 13.2. The molecule has 0 saturated heterocycles. The molecule has 0 aliphatic rings. The van der Waals surface area contributed by atoms with Crippen LogP contribution >= 0.6 is 11.3 Å². The number of carbonyl (C=O) groups is 1. The summed E-state index contributed by atoms with van der Waals surface area (Å²) in [4.78, 5) is 16.6. The van der Waals surface area contributed by atoms with Gasteiger partial charge in [-0.05, 0) is 5.92 Å². The topological polar surface area (TPSA) is 60.5 Å². The fourth-order valence-electron chi connectivity index (χ4n) is 1.89. The van der Waals surface area contributed by atoms with E-state index >= 15 is 0 Å². The van der Waals surface area contributed by atoms with Crippen LogP contribution in [0, 0.1) is 0 Å². The maximum Gasteiger partial charge on any atom is 0.231 e. The number of hydrogen-bond acceptors (Lipinski definition) is 5. The minimum atomic E-state index is -0.111. The average molecular weight is 320 g/mol. The first-order valence-electron chi connectivity index (χ1n) is 6.99. The first-order valence-corrected chi connectivity index (χ1v) is 7.87. The SMILES string of the molecule is COc1cc(NC(=O)Cc2nc(C(C)C)cs2)cc(OC)c1. The van der Waals surface area contributed by atoms with Crippen molar-refractivity contribution in [2.24, 2.45) is 0 Å². The summed E-state index contributed by atoms with van der Waals surface area (Å²) >= 11 is 1.51. The number of ether oxygens (including phenoxy) is 2. The molecule has 118 valence electrons. The molecular weight excluding hydrogens is 300 g/mol. The number of nitrogens with one attached hydrogen (secondary N) is 1. The van der Waals surface area contributed by atoms with E-state index in [-0.39, 0.29) is 12.3 Å². The number of anilines is 1. The molecule has 0 radical (unpaired) electrons. The maximum absolute atomic E-state index is 12.1. The first-order chi connectivity index (χ1) is 10.5. The predicted octanol–water partition coefficient (Wildman–Crippen LogP) is 3.46. The van der Waals surface area contributed by atoms with E-state index in [1.807, 2.05) is 5.38 Å². The third kappa shape index (κ3) is 4.21. The van der Waals surface area contributed by atoms with Crippen LogP contribution in [0.25, 0.3) is 0 Å². The van der Waals surface area contributed by atoms with Crippen molar-refractivity contribution >= 4 is 22.9 Å². The molecule has 0 fully saturated rings. The highest BCUT2D eigenvalue weighted by molar-refractivity contribution is 7.09. The van der Waals surface area contributed by atoms with E-state index in [9.17, 15) is 4.79 Å². The van der Waals surface area contributed by atoms with Crippen molar-refractivity contribution in [3.05, 3.63) is 34.3 Å². The molecule has 0 aliphatic carbocycles. The Hall–Kier alpha value is -2.08. The lowest BCUT2D eigenvalue weighted by molar-refractivity contribution is -0.115. The van der Waals surface area contributed by atoms with Gasteiger partial charge in [0.2, 0.25) is 5.91 Å². The summed E-state index contributed by atoms with van der Waals surface area (Å²) in [6.07, 6.45) is 0.261. The normalized spacial score (nSPS) is 10.6. The van der Waals surface area contributed by atoms with Gasteiger partial charge in [-0.25, -0.2) is 4.98 Å². The second-order valence-corrected chi connectivity index (χ2v) is 6.09. The maximum atomic E-state index is 12.1. The molecule has 0 atom stereocenters. The molecule has 6 heteroatoms. The van der Waals surface area contributed by atoms with Crippen molar-refractivity contribution in [2.45, 2.75) is 26.2 Å². The predicted molar refractivity (Wildman–Crippen MR) is 88.1 cm³/mol. The number of thiazole rings is 1. The van der Waals surface area contributed by atoms with E-state index in [1.165, 1.54) is 11.3 Å². The Kier molecular flexibility index (Phi) is 5.38. The van der Waals surface area contributed by atoms with Gasteiger partial charge >= 0.3 is 0 Å². The van der Waals surface area contributed by atoms with E-state index < -0.39 is 0 Å². The van der Waals surface area contributed by atoms with Gasteiger partial charge in [-0.2, -0.15) is 0 Å². The van der Waals surface area contributed by atoms with Crippen molar-refractivity contribution in [1.29, 1.82) is 0 Å². The van der Waals surface area contributed by atoms with Gasteiger partial charge in [0.15, 0.2) is 0 Å². The van der Waals surface area contributed by atoms with E-state index in [2.05, 4.69) is 24.1 Å². The molecule has 2 rings (SSSR count). The zero-order valence-corrected chi connectivity index (χ0v) is 14.0. The second-order valence-electron chi connectivity index (χ2n) is 5.15. The quantitative estimate of drug-likeness (QED) is 0.885. The number of benzene rings is 1. The van der Waals surface area contributed by atoms with Crippen LogP contribution in [0.15, 0.2) is 23.6 Å². The summed E-state index contributed by atoms with van der Waals surface area (Å²) in [5, 5.41) is 5.66. The third-order valence-electron chi connectivity index (χ3n) is 3.11. The van der Waals surface area contributed by atoms with Gasteiger partial charge in [0, 0.05) is 29.3 Å². The number of aromatic nitrogens is 1. The molecule has 0 spiro atoms. The minimum absolute atomic E-state index is 0.111. The Morgan fingerprint density at radius 3 is 2.36 bits per heavy atom. The van der Waals surface area contributed by atoms with E-state index in [4.69, 9.17) is 9.47 Å². The van der Waals surface area contributed by atoms with Crippen LogP contribution in [-0.2, 0) is 11.2 Å². The lowest BCUT2D eigenvalue weighted by Gasteiger charge is -2.09. The van der Waals surface area contributed by atoms with Gasteiger partial charge in [-0.3, -0.25) is 4.79 Å². The molecule has 1 aromatic carbocycles. The third-order valence-corrected chi connectivity index (χ3v) is 3.98. The summed E-state index contributed by atoms with van der Waals surface area (Å²) < 4.78 is 10.4. The number of methoxy groups -OCH3 is 2. The van der Waals surface area contributed by atoms with E-state index in [1.54, 1.807) is 32.4 Å². The molecule has 0 saturated carbocycles. The van der Waals surface area contributed by atoms with Gasteiger partial charge < -0.3 is 14.8 Å². The fraction of sp³-hybridized carbons (Fsp3) is 0.375. The molecule has 2 aromatic rings. The lowest BCUT2D eigenvalue weighted by atomic mass is 10.2. The molecule has 1 heterocycles. The summed E-state index contributed by atoms with van der Waals surface area (Å²) in [5.74, 6) is 1.52. The molecule has 1 amide bonds. The highest BCUT2D eigenvalue weighted by Gasteiger charge is 2.11. The number of amides is 1. The van der Waals surface area contributed by atoms with Crippen molar-refractivity contribution in [3.63, 3.8) is 0 Å². The van der Waals surface area contributed by atoms with Gasteiger partial charge in [0.1, 0.15) is 16.5 Å². The average Bonchev–Trinajstić information content (AvgIpc) is 2.95. The Morgan fingerprint density at radius 1 is 1.23 bits per heavy atom. The summed E-state index contributed by atoms with van der Waals surface area (Å²) in [5.41, 5.74) is 1.66. The fourth-order valence-corrected chi connectivity index (χ4v) is 2.85. The van der Waals surface area contributed by atoms with Crippen molar-refractivity contribution in [2.75, 3.05) is 19.5 Å². The van der Waals surface area contributed by atoms with E-state index in [0.717, 1.165) is 10.7 Å². The van der Waals surface area contributed by atoms with Crippen molar-refractivity contribution < 1.29 is 14.3 Å². The summed E-state index contributed by atoms with van der Waals surface area (Å²) in [6, 6.07) is 5.26. The molecule has 5 nitrogen and oxygen atoms in total. The van der Waals surface area contributed by atoms with Crippen LogP contribution in [0.2, 0.25) is 0 Å². The van der Waals surface area contributed by atoms with Crippen LogP contribution in [-0.4, -0.2) is 25.1 Å². The van der Waals surface area contributed by atoms with Crippen LogP contribution in [0.1, 0.15) is 30.5 Å². The molecule has 1 N–H and O–H groups in total. The van der Waals surface area contributed by atoms with Crippen molar-refractivity contribution in [1.82, 2.24) is 4.98 Å². The number of hydrogen-bond donors (Lipinski definition) is 1.